The minimum atomic E-state index is -2.02. The standard InChI is InChI=1S/C45H58FN5O2Si/c1-28(2)54(29(3)4,30(5)6)18-15-34-11-9-12-35-19-31(7)20-37(39(34)35)41-40(46)42-38(23-47-41)43(50-24-32-13-14-33(21-32)25-50)49-44(48-42)53-27-45-16-10-17-51(45)26-36(22-45)52-8/h9,11-12,19-20,23,28-30,32-33,36H,10,13-14,16-17,21-22,24-27H2,1-8H3/t32?,33?,36-,45+/m1/s1. The lowest BCUT2D eigenvalue weighted by Crippen LogP contribution is -2.43. The van der Waals surface area contributed by atoms with Crippen LogP contribution in [-0.2, 0) is 4.74 Å². The van der Waals surface area contributed by atoms with Gasteiger partial charge in [-0.05, 0) is 104 Å². The second kappa shape index (κ2) is 14.5. The van der Waals surface area contributed by atoms with Gasteiger partial charge in [0.25, 0.3) is 0 Å². The number of rotatable bonds is 9. The molecule has 0 amide bonds. The molecule has 2 aromatic carbocycles. The van der Waals surface area contributed by atoms with E-state index >= 15 is 4.39 Å². The number of pyridine rings is 1. The lowest BCUT2D eigenvalue weighted by Gasteiger charge is -2.38. The first-order valence-corrected chi connectivity index (χ1v) is 22.7. The van der Waals surface area contributed by atoms with Crippen LogP contribution in [0, 0.1) is 36.0 Å². The molecule has 8 rings (SSSR count). The topological polar surface area (TPSA) is 63.6 Å². The van der Waals surface area contributed by atoms with Gasteiger partial charge in [0.2, 0.25) is 0 Å². The van der Waals surface area contributed by atoms with Crippen LogP contribution >= 0.6 is 0 Å². The highest BCUT2D eigenvalue weighted by Gasteiger charge is 2.49. The van der Waals surface area contributed by atoms with Gasteiger partial charge in [-0.25, -0.2) is 4.39 Å². The molecule has 54 heavy (non-hydrogen) atoms. The number of ether oxygens (including phenoxy) is 2. The van der Waals surface area contributed by atoms with Crippen molar-refractivity contribution < 1.29 is 13.9 Å². The highest BCUT2D eigenvalue weighted by Crippen LogP contribution is 2.44. The summed E-state index contributed by atoms with van der Waals surface area (Å²) < 4.78 is 29.9. The molecule has 2 unspecified atom stereocenters. The van der Waals surface area contributed by atoms with E-state index in [9.17, 15) is 0 Å². The van der Waals surface area contributed by atoms with Crippen molar-refractivity contribution in [2.45, 2.75) is 115 Å². The van der Waals surface area contributed by atoms with Gasteiger partial charge in [0.05, 0.1) is 17.0 Å². The number of hydrogen-bond acceptors (Lipinski definition) is 7. The minimum absolute atomic E-state index is 0.107. The number of fused-ring (bicyclic) bond motifs is 5. The van der Waals surface area contributed by atoms with Crippen molar-refractivity contribution in [3.05, 3.63) is 53.5 Å². The third-order valence-electron chi connectivity index (χ3n) is 13.8. The van der Waals surface area contributed by atoms with E-state index in [0.29, 0.717) is 46.1 Å². The molecule has 1 saturated carbocycles. The molecule has 2 aromatic heterocycles. The minimum Gasteiger partial charge on any atom is -0.461 e. The van der Waals surface area contributed by atoms with Crippen molar-refractivity contribution in [1.82, 2.24) is 19.9 Å². The molecule has 7 nitrogen and oxygen atoms in total. The van der Waals surface area contributed by atoms with Gasteiger partial charge in [0, 0.05) is 49.5 Å². The largest absolute Gasteiger partial charge is 0.461 e. The number of hydrogen-bond donors (Lipinski definition) is 0. The molecule has 4 fully saturated rings. The lowest BCUT2D eigenvalue weighted by atomic mass is 9.94. The SMILES string of the molecule is CO[C@H]1CN2CCC[C@@]2(COc2nc(N3CC4CCC(C4)C3)c3cnc(-c4cc(C)cc5cccc(C#C[Si](C(C)C)(C(C)C)C(C)C)c45)c(F)c3n2)C1. The number of halogens is 1. The zero-order valence-corrected chi connectivity index (χ0v) is 34.6. The van der Waals surface area contributed by atoms with Crippen molar-refractivity contribution >= 4 is 35.6 Å². The summed E-state index contributed by atoms with van der Waals surface area (Å²) in [6.07, 6.45) is 8.84. The molecule has 0 radical (unpaired) electrons. The first-order valence-electron chi connectivity index (χ1n) is 20.5. The van der Waals surface area contributed by atoms with Crippen LogP contribution in [0.2, 0.25) is 16.6 Å². The Kier molecular flexibility index (Phi) is 10.0. The number of piperidine rings is 1. The second-order valence-corrected chi connectivity index (χ2v) is 23.5. The molecule has 4 aliphatic rings. The van der Waals surface area contributed by atoms with E-state index in [1.165, 1.54) is 19.3 Å². The number of benzene rings is 2. The van der Waals surface area contributed by atoms with Crippen LogP contribution in [0.4, 0.5) is 10.2 Å². The molecule has 4 aromatic rings. The molecule has 1 aliphatic carbocycles. The monoisotopic (exact) mass is 747 g/mol. The number of aromatic nitrogens is 3. The van der Waals surface area contributed by atoms with Crippen molar-refractivity contribution in [1.29, 1.82) is 0 Å². The zero-order chi connectivity index (χ0) is 37.9. The molecule has 3 saturated heterocycles. The summed E-state index contributed by atoms with van der Waals surface area (Å²) in [4.78, 5) is 19.7. The van der Waals surface area contributed by atoms with Crippen LogP contribution in [-0.4, -0.2) is 79.5 Å². The number of methoxy groups -OCH3 is 1. The fourth-order valence-electron chi connectivity index (χ4n) is 11.2. The Balaban J connectivity index is 1.26. The van der Waals surface area contributed by atoms with E-state index in [0.717, 1.165) is 78.7 Å². The van der Waals surface area contributed by atoms with Crippen molar-refractivity contribution in [3.63, 3.8) is 0 Å². The Morgan fingerprint density at radius 3 is 2.44 bits per heavy atom. The fourth-order valence-corrected chi connectivity index (χ4v) is 16.4. The van der Waals surface area contributed by atoms with Crippen LogP contribution in [0.1, 0.15) is 91.2 Å². The molecule has 0 N–H and O–H groups in total. The number of aryl methyl sites for hydroxylation is 1. The quantitative estimate of drug-likeness (QED) is 0.125. The Morgan fingerprint density at radius 2 is 1.74 bits per heavy atom. The summed E-state index contributed by atoms with van der Waals surface area (Å²) in [6.45, 7) is 20.3. The second-order valence-electron chi connectivity index (χ2n) is 18.0. The number of nitrogens with zero attached hydrogens (tertiary/aromatic N) is 5. The van der Waals surface area contributed by atoms with Gasteiger partial charge in [0.1, 0.15) is 31.7 Å². The Morgan fingerprint density at radius 1 is 1.00 bits per heavy atom. The van der Waals surface area contributed by atoms with Crippen molar-refractivity contribution in [2.24, 2.45) is 11.8 Å². The average Bonchev–Trinajstić information content (AvgIpc) is 3.81. The van der Waals surface area contributed by atoms with Crippen molar-refractivity contribution in [3.8, 4) is 28.7 Å². The highest BCUT2D eigenvalue weighted by molar-refractivity contribution is 6.90. The molecular formula is C45H58FN5O2Si. The van der Waals surface area contributed by atoms with Gasteiger partial charge in [-0.2, -0.15) is 9.97 Å². The summed E-state index contributed by atoms with van der Waals surface area (Å²) in [5.41, 5.74) is 8.61. The van der Waals surface area contributed by atoms with Crippen LogP contribution in [0.5, 0.6) is 6.01 Å². The van der Waals surface area contributed by atoms with Crippen LogP contribution in [0.15, 0.2) is 36.5 Å². The Labute approximate surface area is 322 Å². The molecule has 286 valence electrons. The summed E-state index contributed by atoms with van der Waals surface area (Å²) in [5, 5.41) is 2.61. The molecule has 4 atom stereocenters. The Bertz CT molecular complexity index is 2090. The normalized spacial score (nSPS) is 24.3. The molecule has 5 heterocycles. The van der Waals surface area contributed by atoms with E-state index in [2.05, 4.69) is 100 Å². The summed E-state index contributed by atoms with van der Waals surface area (Å²) in [6, 6.07) is 10.7. The molecule has 2 bridgehead atoms. The number of anilines is 1. The summed E-state index contributed by atoms with van der Waals surface area (Å²) >= 11 is 0. The first-order chi connectivity index (χ1) is 25.9. The highest BCUT2D eigenvalue weighted by atomic mass is 28.3. The van der Waals surface area contributed by atoms with Crippen LogP contribution in [0.25, 0.3) is 32.9 Å². The average molecular weight is 748 g/mol. The molecule has 9 heteroatoms. The summed E-state index contributed by atoms with van der Waals surface area (Å²) in [7, 11) is -0.220. The third kappa shape index (κ3) is 6.40. The third-order valence-corrected chi connectivity index (χ3v) is 20.1. The van der Waals surface area contributed by atoms with E-state index < -0.39 is 13.9 Å². The Hall–Kier alpha value is -3.58. The molecule has 0 spiro atoms. The molecule has 3 aliphatic heterocycles. The van der Waals surface area contributed by atoms with Gasteiger partial charge >= 0.3 is 6.01 Å². The van der Waals surface area contributed by atoms with Crippen molar-refractivity contribution in [2.75, 3.05) is 44.8 Å². The van der Waals surface area contributed by atoms with Gasteiger partial charge in [-0.15, -0.1) is 5.54 Å². The van der Waals surface area contributed by atoms with E-state index in [-0.39, 0.29) is 23.2 Å². The van der Waals surface area contributed by atoms with Gasteiger partial charge in [-0.3, -0.25) is 9.88 Å². The lowest BCUT2D eigenvalue weighted by molar-refractivity contribution is 0.0997. The predicted molar refractivity (Wildman–Crippen MR) is 220 cm³/mol. The van der Waals surface area contributed by atoms with Crippen LogP contribution in [0.3, 0.4) is 0 Å². The zero-order valence-electron chi connectivity index (χ0n) is 33.6. The first kappa shape index (κ1) is 37.3. The molecular weight excluding hydrogens is 690 g/mol. The van der Waals surface area contributed by atoms with Gasteiger partial charge in [0.15, 0.2) is 5.82 Å². The summed E-state index contributed by atoms with van der Waals surface area (Å²) in [5.74, 6) is 5.27. The van der Waals surface area contributed by atoms with Gasteiger partial charge < -0.3 is 14.4 Å². The van der Waals surface area contributed by atoms with Gasteiger partial charge in [-0.1, -0.05) is 65.7 Å². The van der Waals surface area contributed by atoms with E-state index in [4.69, 9.17) is 24.4 Å². The fraction of sp³-hybridized carbons (Fsp3) is 0.578. The van der Waals surface area contributed by atoms with Crippen LogP contribution < -0.4 is 9.64 Å². The maximum atomic E-state index is 17.5. The van der Waals surface area contributed by atoms with E-state index in [1.54, 1.807) is 13.3 Å². The van der Waals surface area contributed by atoms with E-state index in [1.807, 2.05) is 0 Å². The maximum absolute atomic E-state index is 17.5. The smallest absolute Gasteiger partial charge is 0.319 e. The maximum Gasteiger partial charge on any atom is 0.319 e. The predicted octanol–water partition coefficient (Wildman–Crippen LogP) is 9.73.